The number of rotatable bonds is 2. The average molecular weight is 312 g/mol. The molecule has 1 aliphatic heterocycles. The zero-order valence-corrected chi connectivity index (χ0v) is 13.4. The van der Waals surface area contributed by atoms with Gasteiger partial charge in [0, 0.05) is 18.3 Å². The van der Waals surface area contributed by atoms with Crippen LogP contribution in [0.25, 0.3) is 6.08 Å². The molecule has 1 amide bonds. The lowest BCUT2D eigenvalue weighted by Gasteiger charge is -2.14. The summed E-state index contributed by atoms with van der Waals surface area (Å²) in [5.41, 5.74) is 4.19. The summed E-state index contributed by atoms with van der Waals surface area (Å²) in [4.78, 5) is 14.1. The molecular weight excluding hydrogens is 296 g/mol. The highest BCUT2D eigenvalue weighted by molar-refractivity contribution is 7.80. The van der Waals surface area contributed by atoms with Crippen LogP contribution in [0.2, 0.25) is 0 Å². The van der Waals surface area contributed by atoms with Crippen LogP contribution in [0, 0.1) is 13.8 Å². The van der Waals surface area contributed by atoms with Crippen molar-refractivity contribution in [2.45, 2.75) is 13.8 Å². The molecule has 1 N–H and O–H groups in total. The molecule has 22 heavy (non-hydrogen) atoms. The summed E-state index contributed by atoms with van der Waals surface area (Å²) >= 11 is 5.31. The number of anilines is 1. The van der Waals surface area contributed by atoms with Crippen molar-refractivity contribution in [1.29, 1.82) is 0 Å². The molecule has 1 aliphatic rings. The number of hydrogen-bond acceptors (Lipinski definition) is 3. The van der Waals surface area contributed by atoms with Gasteiger partial charge in [-0.05, 0) is 49.8 Å². The molecule has 1 aromatic heterocycles. The third-order valence-electron chi connectivity index (χ3n) is 3.71. The van der Waals surface area contributed by atoms with Crippen LogP contribution in [0.4, 0.5) is 5.69 Å². The Morgan fingerprint density at radius 3 is 2.73 bits per heavy atom. The Morgan fingerprint density at radius 2 is 2.09 bits per heavy atom. The number of nitrogens with zero attached hydrogens (tertiary/aromatic N) is 3. The van der Waals surface area contributed by atoms with E-state index >= 15 is 0 Å². The molecule has 2 heterocycles. The smallest absolute Gasteiger partial charge is 0.281 e. The zero-order valence-electron chi connectivity index (χ0n) is 12.6. The van der Waals surface area contributed by atoms with Gasteiger partial charge in [-0.3, -0.25) is 14.4 Å². The summed E-state index contributed by atoms with van der Waals surface area (Å²) in [5, 5.41) is 7.56. The predicted molar refractivity (Wildman–Crippen MR) is 90.3 cm³/mol. The highest BCUT2D eigenvalue weighted by Crippen LogP contribution is 2.23. The van der Waals surface area contributed by atoms with E-state index in [0.29, 0.717) is 10.8 Å². The maximum Gasteiger partial charge on any atom is 0.281 e. The number of aromatic nitrogens is 2. The van der Waals surface area contributed by atoms with Crippen LogP contribution in [-0.4, -0.2) is 20.8 Å². The molecular formula is C16H16N4OS. The SMILES string of the molecule is Cc1cccc(N2C(=O)C(=Cc3cnn(C)c3C)NC2=S)c1. The van der Waals surface area contributed by atoms with Gasteiger partial charge in [0.2, 0.25) is 0 Å². The first-order valence-corrected chi connectivity index (χ1v) is 7.30. The minimum atomic E-state index is -0.154. The fourth-order valence-electron chi connectivity index (χ4n) is 2.35. The van der Waals surface area contributed by atoms with Gasteiger partial charge in [-0.15, -0.1) is 0 Å². The molecule has 0 spiro atoms. The molecule has 6 heteroatoms. The number of hydrogen-bond donors (Lipinski definition) is 1. The first-order chi connectivity index (χ1) is 10.5. The van der Waals surface area contributed by atoms with Gasteiger partial charge in [0.1, 0.15) is 5.70 Å². The van der Waals surface area contributed by atoms with Crippen molar-refractivity contribution < 1.29 is 4.79 Å². The van der Waals surface area contributed by atoms with E-state index in [1.165, 1.54) is 4.90 Å². The summed E-state index contributed by atoms with van der Waals surface area (Å²) in [6, 6.07) is 7.70. The Labute approximate surface area is 134 Å². The monoisotopic (exact) mass is 312 g/mol. The first kappa shape index (κ1) is 14.5. The number of aryl methyl sites for hydroxylation is 2. The molecule has 0 atom stereocenters. The van der Waals surface area contributed by atoms with Crippen LogP contribution in [0.5, 0.6) is 0 Å². The minimum Gasteiger partial charge on any atom is -0.327 e. The van der Waals surface area contributed by atoms with Gasteiger partial charge in [0.15, 0.2) is 5.11 Å². The Kier molecular flexibility index (Phi) is 3.54. The molecule has 112 valence electrons. The van der Waals surface area contributed by atoms with E-state index in [0.717, 1.165) is 22.5 Å². The molecule has 3 rings (SSSR count). The largest absolute Gasteiger partial charge is 0.327 e. The molecule has 0 unspecified atom stereocenters. The van der Waals surface area contributed by atoms with Crippen LogP contribution in [0.1, 0.15) is 16.8 Å². The fraction of sp³-hybridized carbons (Fsp3) is 0.188. The van der Waals surface area contributed by atoms with Crippen molar-refractivity contribution >= 4 is 35.0 Å². The van der Waals surface area contributed by atoms with Gasteiger partial charge in [-0.25, -0.2) is 0 Å². The Bertz CT molecular complexity index is 806. The number of carbonyl (C=O) groups is 1. The van der Waals surface area contributed by atoms with Gasteiger partial charge in [-0.1, -0.05) is 12.1 Å². The quantitative estimate of drug-likeness (QED) is 0.683. The first-order valence-electron chi connectivity index (χ1n) is 6.90. The standard InChI is InChI=1S/C16H16N4OS/c1-10-5-4-6-13(7-10)20-15(21)14(18-16(20)22)8-12-9-17-19(3)11(12)2/h4-9H,1-3H3,(H,18,22). The molecule has 5 nitrogen and oxygen atoms in total. The van der Waals surface area contributed by atoms with Gasteiger partial charge in [0.05, 0.1) is 11.9 Å². The van der Waals surface area contributed by atoms with Crippen LogP contribution in [0.15, 0.2) is 36.2 Å². The maximum absolute atomic E-state index is 12.6. The molecule has 1 saturated heterocycles. The molecule has 0 saturated carbocycles. The third-order valence-corrected chi connectivity index (χ3v) is 4.00. The number of thiocarbonyl (C=S) groups is 1. The van der Waals surface area contributed by atoms with Crippen LogP contribution >= 0.6 is 12.2 Å². The van der Waals surface area contributed by atoms with Crippen molar-refractivity contribution in [1.82, 2.24) is 15.1 Å². The van der Waals surface area contributed by atoms with E-state index in [2.05, 4.69) is 10.4 Å². The van der Waals surface area contributed by atoms with E-state index < -0.39 is 0 Å². The van der Waals surface area contributed by atoms with Crippen LogP contribution in [0.3, 0.4) is 0 Å². The summed E-state index contributed by atoms with van der Waals surface area (Å²) in [5.74, 6) is -0.154. The van der Waals surface area contributed by atoms with Crippen molar-refractivity contribution in [2.75, 3.05) is 4.90 Å². The van der Waals surface area contributed by atoms with E-state index in [-0.39, 0.29) is 5.91 Å². The van der Waals surface area contributed by atoms with E-state index in [1.807, 2.05) is 45.2 Å². The van der Waals surface area contributed by atoms with E-state index in [4.69, 9.17) is 12.2 Å². The van der Waals surface area contributed by atoms with Crippen LogP contribution < -0.4 is 10.2 Å². The highest BCUT2D eigenvalue weighted by Gasteiger charge is 2.32. The van der Waals surface area contributed by atoms with Crippen molar-refractivity contribution in [3.63, 3.8) is 0 Å². The number of amides is 1. The number of benzene rings is 1. The second-order valence-electron chi connectivity index (χ2n) is 5.28. The number of nitrogens with one attached hydrogen (secondary N) is 1. The lowest BCUT2D eigenvalue weighted by Crippen LogP contribution is -2.30. The summed E-state index contributed by atoms with van der Waals surface area (Å²) in [7, 11) is 1.87. The van der Waals surface area contributed by atoms with Crippen molar-refractivity contribution in [3.05, 3.63) is 53.0 Å². The summed E-state index contributed by atoms with van der Waals surface area (Å²) < 4.78 is 1.77. The lowest BCUT2D eigenvalue weighted by molar-refractivity contribution is -0.113. The topological polar surface area (TPSA) is 50.2 Å². The third kappa shape index (κ3) is 2.42. The molecule has 0 bridgehead atoms. The normalized spacial score (nSPS) is 16.5. The fourth-order valence-corrected chi connectivity index (χ4v) is 2.65. The van der Waals surface area contributed by atoms with E-state index in [1.54, 1.807) is 17.0 Å². The van der Waals surface area contributed by atoms with Gasteiger partial charge < -0.3 is 5.32 Å². The Morgan fingerprint density at radius 1 is 1.32 bits per heavy atom. The minimum absolute atomic E-state index is 0.154. The lowest BCUT2D eigenvalue weighted by atomic mass is 10.2. The second-order valence-corrected chi connectivity index (χ2v) is 5.66. The van der Waals surface area contributed by atoms with Gasteiger partial charge in [0.25, 0.3) is 5.91 Å². The van der Waals surface area contributed by atoms with Crippen molar-refractivity contribution in [3.8, 4) is 0 Å². The molecule has 1 aromatic carbocycles. The zero-order chi connectivity index (χ0) is 15.9. The second kappa shape index (κ2) is 5.38. The summed E-state index contributed by atoms with van der Waals surface area (Å²) in [6.07, 6.45) is 3.52. The molecule has 1 fully saturated rings. The van der Waals surface area contributed by atoms with Gasteiger partial charge >= 0.3 is 0 Å². The Balaban J connectivity index is 1.96. The van der Waals surface area contributed by atoms with Crippen molar-refractivity contribution in [2.24, 2.45) is 7.05 Å². The predicted octanol–water partition coefficient (Wildman–Crippen LogP) is 2.30. The molecule has 0 aliphatic carbocycles. The van der Waals surface area contributed by atoms with Gasteiger partial charge in [-0.2, -0.15) is 5.10 Å². The molecule has 2 aromatic rings. The molecule has 0 radical (unpaired) electrons. The maximum atomic E-state index is 12.6. The number of carbonyl (C=O) groups excluding carboxylic acids is 1. The highest BCUT2D eigenvalue weighted by atomic mass is 32.1. The average Bonchev–Trinajstić information content (AvgIpc) is 2.93. The van der Waals surface area contributed by atoms with Crippen LogP contribution in [-0.2, 0) is 11.8 Å². The summed E-state index contributed by atoms with van der Waals surface area (Å²) in [6.45, 7) is 3.94. The Hall–Kier alpha value is -2.47. The van der Waals surface area contributed by atoms with E-state index in [9.17, 15) is 4.79 Å².